The molecule has 2 aromatic heterocycles. The van der Waals surface area contributed by atoms with Gasteiger partial charge in [-0.3, -0.25) is 4.79 Å². The molecule has 0 bridgehead atoms. The summed E-state index contributed by atoms with van der Waals surface area (Å²) in [5.74, 6) is 0.0262. The molecule has 3 aromatic rings. The van der Waals surface area contributed by atoms with Crippen LogP contribution in [0.3, 0.4) is 0 Å². The third-order valence-electron chi connectivity index (χ3n) is 4.67. The molecule has 1 saturated carbocycles. The van der Waals surface area contributed by atoms with Crippen molar-refractivity contribution < 1.29 is 4.79 Å². The largest absolute Gasteiger partial charge is 0.349 e. The van der Waals surface area contributed by atoms with Crippen LogP contribution in [0.25, 0.3) is 21.5 Å². The average Bonchev–Trinajstić information content (AvgIpc) is 3.16. The van der Waals surface area contributed by atoms with Crippen LogP contribution in [0.1, 0.15) is 42.5 Å². The summed E-state index contributed by atoms with van der Waals surface area (Å²) in [4.78, 5) is 18.7. The number of pyridine rings is 1. The van der Waals surface area contributed by atoms with Crippen molar-refractivity contribution in [2.24, 2.45) is 0 Å². The smallest absolute Gasteiger partial charge is 0.252 e. The zero-order valence-corrected chi connectivity index (χ0v) is 14.3. The number of nitrogens with one attached hydrogen (secondary N) is 1. The summed E-state index contributed by atoms with van der Waals surface area (Å²) in [6.07, 6.45) is 5.89. The van der Waals surface area contributed by atoms with Crippen LogP contribution in [0.4, 0.5) is 0 Å². The lowest BCUT2D eigenvalue weighted by Crippen LogP contribution is -2.36. The number of benzene rings is 1. The molecule has 0 radical (unpaired) electrons. The molecule has 24 heavy (non-hydrogen) atoms. The van der Waals surface area contributed by atoms with Gasteiger partial charge in [-0.25, -0.2) is 4.98 Å². The van der Waals surface area contributed by atoms with Crippen molar-refractivity contribution in [3.8, 4) is 10.6 Å². The first kappa shape index (κ1) is 15.3. The fourth-order valence-corrected chi connectivity index (χ4v) is 4.11. The number of carbonyl (C=O) groups is 1. The SMILES string of the molecule is O=C(NC1CCCCC1)c1cc(-c2cccs2)nc2ccccc12. The van der Waals surface area contributed by atoms with Gasteiger partial charge in [-0.15, -0.1) is 11.3 Å². The van der Waals surface area contributed by atoms with E-state index in [1.807, 2.05) is 47.8 Å². The molecular weight excluding hydrogens is 316 g/mol. The number of para-hydroxylation sites is 1. The number of amides is 1. The molecule has 1 aliphatic carbocycles. The van der Waals surface area contributed by atoms with Crippen molar-refractivity contribution in [1.82, 2.24) is 10.3 Å². The number of carbonyl (C=O) groups excluding carboxylic acids is 1. The molecule has 4 heteroatoms. The average molecular weight is 336 g/mol. The van der Waals surface area contributed by atoms with Crippen LogP contribution < -0.4 is 5.32 Å². The summed E-state index contributed by atoms with van der Waals surface area (Å²) >= 11 is 1.65. The molecule has 122 valence electrons. The van der Waals surface area contributed by atoms with Crippen LogP contribution in [-0.4, -0.2) is 16.9 Å². The van der Waals surface area contributed by atoms with E-state index in [4.69, 9.17) is 4.98 Å². The van der Waals surface area contributed by atoms with Crippen LogP contribution in [0.15, 0.2) is 47.8 Å². The van der Waals surface area contributed by atoms with Crippen LogP contribution >= 0.6 is 11.3 Å². The molecule has 1 aliphatic rings. The maximum Gasteiger partial charge on any atom is 0.252 e. The van der Waals surface area contributed by atoms with E-state index in [2.05, 4.69) is 5.32 Å². The Morgan fingerprint density at radius 2 is 1.92 bits per heavy atom. The highest BCUT2D eigenvalue weighted by Gasteiger charge is 2.19. The highest BCUT2D eigenvalue weighted by atomic mass is 32.1. The quantitative estimate of drug-likeness (QED) is 0.729. The number of hydrogen-bond donors (Lipinski definition) is 1. The van der Waals surface area contributed by atoms with Crippen molar-refractivity contribution in [1.29, 1.82) is 0 Å². The second-order valence-electron chi connectivity index (χ2n) is 6.36. The maximum atomic E-state index is 12.9. The lowest BCUT2D eigenvalue weighted by atomic mass is 9.95. The molecule has 1 aromatic carbocycles. The third kappa shape index (κ3) is 3.06. The van der Waals surface area contributed by atoms with E-state index in [1.165, 1.54) is 19.3 Å². The van der Waals surface area contributed by atoms with Gasteiger partial charge in [-0.1, -0.05) is 43.5 Å². The van der Waals surface area contributed by atoms with E-state index in [1.54, 1.807) is 11.3 Å². The Morgan fingerprint density at radius 1 is 1.08 bits per heavy atom. The number of nitrogens with zero attached hydrogens (tertiary/aromatic N) is 1. The molecule has 0 unspecified atom stereocenters. The van der Waals surface area contributed by atoms with E-state index < -0.39 is 0 Å². The zero-order valence-electron chi connectivity index (χ0n) is 13.5. The topological polar surface area (TPSA) is 42.0 Å². The standard InChI is InChI=1S/C20H20N2OS/c23-20(21-14-7-2-1-3-8-14)16-13-18(19-11-6-12-24-19)22-17-10-5-4-9-15(16)17/h4-6,9-14H,1-3,7-8H2,(H,21,23). The van der Waals surface area contributed by atoms with Gasteiger partial charge in [0, 0.05) is 11.4 Å². The first-order chi connectivity index (χ1) is 11.8. The molecule has 1 fully saturated rings. The summed E-state index contributed by atoms with van der Waals surface area (Å²) in [7, 11) is 0. The number of fused-ring (bicyclic) bond motifs is 1. The monoisotopic (exact) mass is 336 g/mol. The van der Waals surface area contributed by atoms with Gasteiger partial charge in [0.1, 0.15) is 0 Å². The number of hydrogen-bond acceptors (Lipinski definition) is 3. The normalized spacial score (nSPS) is 15.5. The Balaban J connectivity index is 1.73. The van der Waals surface area contributed by atoms with E-state index in [0.717, 1.165) is 39.9 Å². The molecule has 0 saturated heterocycles. The van der Waals surface area contributed by atoms with E-state index in [9.17, 15) is 4.79 Å². The molecule has 0 spiro atoms. The Hall–Kier alpha value is -2.20. The maximum absolute atomic E-state index is 12.9. The number of thiophene rings is 1. The van der Waals surface area contributed by atoms with Crippen molar-refractivity contribution in [2.45, 2.75) is 38.1 Å². The van der Waals surface area contributed by atoms with Crippen LogP contribution in [-0.2, 0) is 0 Å². The molecule has 1 N–H and O–H groups in total. The van der Waals surface area contributed by atoms with Crippen molar-refractivity contribution in [3.05, 3.63) is 53.4 Å². The molecule has 1 amide bonds. The second-order valence-corrected chi connectivity index (χ2v) is 7.31. The Kier molecular flexibility index (Phi) is 4.30. The van der Waals surface area contributed by atoms with Crippen LogP contribution in [0, 0.1) is 0 Å². The van der Waals surface area contributed by atoms with Crippen LogP contribution in [0.5, 0.6) is 0 Å². The third-order valence-corrected chi connectivity index (χ3v) is 5.57. The summed E-state index contributed by atoms with van der Waals surface area (Å²) in [5, 5.41) is 6.19. The van der Waals surface area contributed by atoms with Gasteiger partial charge in [-0.2, -0.15) is 0 Å². The first-order valence-electron chi connectivity index (χ1n) is 8.56. The summed E-state index contributed by atoms with van der Waals surface area (Å²) in [6, 6.07) is 14.2. The first-order valence-corrected chi connectivity index (χ1v) is 9.44. The highest BCUT2D eigenvalue weighted by molar-refractivity contribution is 7.13. The predicted molar refractivity (Wildman–Crippen MR) is 99.4 cm³/mol. The van der Waals surface area contributed by atoms with Gasteiger partial charge in [0.25, 0.3) is 5.91 Å². The van der Waals surface area contributed by atoms with Crippen molar-refractivity contribution in [2.75, 3.05) is 0 Å². The highest BCUT2D eigenvalue weighted by Crippen LogP contribution is 2.28. The van der Waals surface area contributed by atoms with Gasteiger partial charge in [0.15, 0.2) is 0 Å². The molecule has 0 aliphatic heterocycles. The van der Waals surface area contributed by atoms with Crippen molar-refractivity contribution >= 4 is 28.1 Å². The molecule has 3 nitrogen and oxygen atoms in total. The minimum Gasteiger partial charge on any atom is -0.349 e. The Morgan fingerprint density at radius 3 is 2.71 bits per heavy atom. The van der Waals surface area contributed by atoms with Gasteiger partial charge in [0.2, 0.25) is 0 Å². The lowest BCUT2D eigenvalue weighted by molar-refractivity contribution is 0.0929. The minimum atomic E-state index is 0.0262. The molecular formula is C20H20N2OS. The van der Waals surface area contributed by atoms with Gasteiger partial charge in [-0.05, 0) is 36.4 Å². The van der Waals surface area contributed by atoms with Gasteiger partial charge in [0.05, 0.1) is 21.7 Å². The Labute approximate surface area is 145 Å². The predicted octanol–water partition coefficient (Wildman–Crippen LogP) is 5.03. The van der Waals surface area contributed by atoms with E-state index in [0.29, 0.717) is 6.04 Å². The second kappa shape index (κ2) is 6.73. The lowest BCUT2D eigenvalue weighted by Gasteiger charge is -2.23. The molecule has 0 atom stereocenters. The summed E-state index contributed by atoms with van der Waals surface area (Å²) < 4.78 is 0. The zero-order chi connectivity index (χ0) is 16.4. The fraction of sp³-hybridized carbons (Fsp3) is 0.300. The minimum absolute atomic E-state index is 0.0262. The van der Waals surface area contributed by atoms with Gasteiger partial charge >= 0.3 is 0 Å². The van der Waals surface area contributed by atoms with Gasteiger partial charge < -0.3 is 5.32 Å². The fourth-order valence-electron chi connectivity index (χ4n) is 3.42. The van der Waals surface area contributed by atoms with E-state index >= 15 is 0 Å². The van der Waals surface area contributed by atoms with Crippen molar-refractivity contribution in [3.63, 3.8) is 0 Å². The van der Waals surface area contributed by atoms with Crippen LogP contribution in [0.2, 0.25) is 0 Å². The number of aromatic nitrogens is 1. The number of rotatable bonds is 3. The van der Waals surface area contributed by atoms with E-state index in [-0.39, 0.29) is 5.91 Å². The summed E-state index contributed by atoms with van der Waals surface area (Å²) in [6.45, 7) is 0. The molecule has 2 heterocycles. The Bertz CT molecular complexity index is 851. The molecule has 4 rings (SSSR count). The summed E-state index contributed by atoms with van der Waals surface area (Å²) in [5.41, 5.74) is 2.48.